The second-order valence-electron chi connectivity index (χ2n) is 6.50. The highest BCUT2D eigenvalue weighted by atomic mass is 16.5. The Bertz CT molecular complexity index is 795. The Morgan fingerprint density at radius 2 is 1.88 bits per heavy atom. The predicted molar refractivity (Wildman–Crippen MR) is 91.2 cm³/mol. The Balaban J connectivity index is 1.72. The molecular formula is C19H21NO4. The smallest absolute Gasteiger partial charge is 0.311 e. The van der Waals surface area contributed by atoms with E-state index in [-0.39, 0.29) is 18.4 Å². The summed E-state index contributed by atoms with van der Waals surface area (Å²) >= 11 is 0. The lowest BCUT2D eigenvalue weighted by atomic mass is 9.96. The topological polar surface area (TPSA) is 75.6 Å². The Labute approximate surface area is 140 Å². The molecule has 2 aromatic rings. The molecule has 1 amide bonds. The minimum absolute atomic E-state index is 0.143. The summed E-state index contributed by atoms with van der Waals surface area (Å²) in [4.78, 5) is 23.5. The van der Waals surface area contributed by atoms with E-state index in [9.17, 15) is 14.7 Å². The number of rotatable bonds is 6. The van der Waals surface area contributed by atoms with Gasteiger partial charge >= 0.3 is 5.97 Å². The summed E-state index contributed by atoms with van der Waals surface area (Å²) in [6, 6.07) is 11.7. The number of ether oxygens (including phenoxy) is 1. The molecule has 1 fully saturated rings. The summed E-state index contributed by atoms with van der Waals surface area (Å²) in [6.45, 7) is 2.04. The zero-order valence-electron chi connectivity index (χ0n) is 13.8. The summed E-state index contributed by atoms with van der Waals surface area (Å²) < 4.78 is 5.22. The molecule has 2 N–H and O–H groups in total. The normalized spacial score (nSPS) is 16.4. The summed E-state index contributed by atoms with van der Waals surface area (Å²) in [5.41, 5.74) is 0.167. The van der Waals surface area contributed by atoms with Gasteiger partial charge in [0.1, 0.15) is 5.75 Å². The predicted octanol–water partition coefficient (Wildman–Crippen LogP) is 2.93. The number of carboxylic acid groups (broad SMARTS) is 1. The molecule has 1 aliphatic carbocycles. The van der Waals surface area contributed by atoms with Gasteiger partial charge in [0.2, 0.25) is 5.91 Å². The van der Waals surface area contributed by atoms with Crippen molar-refractivity contribution in [3.63, 3.8) is 0 Å². The van der Waals surface area contributed by atoms with E-state index in [1.807, 2.05) is 43.3 Å². The van der Waals surface area contributed by atoms with E-state index in [0.717, 1.165) is 22.1 Å². The fraction of sp³-hybridized carbons (Fsp3) is 0.368. The molecule has 0 aliphatic heterocycles. The van der Waals surface area contributed by atoms with Crippen molar-refractivity contribution in [2.45, 2.75) is 25.7 Å². The van der Waals surface area contributed by atoms with Crippen molar-refractivity contribution in [1.29, 1.82) is 0 Å². The van der Waals surface area contributed by atoms with Gasteiger partial charge in [-0.3, -0.25) is 9.59 Å². The maximum Gasteiger partial charge on any atom is 0.311 e. The third-order valence-corrected chi connectivity index (χ3v) is 4.87. The van der Waals surface area contributed by atoms with Gasteiger partial charge in [-0.05, 0) is 48.2 Å². The number of carbonyl (C=O) groups excluding carboxylic acids is 1. The van der Waals surface area contributed by atoms with E-state index < -0.39 is 11.4 Å². The van der Waals surface area contributed by atoms with Gasteiger partial charge in [-0.25, -0.2) is 0 Å². The van der Waals surface area contributed by atoms with Gasteiger partial charge < -0.3 is 15.2 Å². The first-order chi connectivity index (χ1) is 11.4. The lowest BCUT2D eigenvalue weighted by Crippen LogP contribution is -2.36. The number of nitrogens with one attached hydrogen (secondary N) is 1. The van der Waals surface area contributed by atoms with E-state index in [4.69, 9.17) is 4.74 Å². The van der Waals surface area contributed by atoms with E-state index >= 15 is 0 Å². The van der Waals surface area contributed by atoms with Crippen LogP contribution in [-0.2, 0) is 9.59 Å². The zero-order valence-corrected chi connectivity index (χ0v) is 13.8. The molecule has 0 aromatic heterocycles. The Morgan fingerprint density at radius 3 is 2.50 bits per heavy atom. The maximum absolute atomic E-state index is 12.4. The van der Waals surface area contributed by atoms with Crippen LogP contribution in [0.1, 0.15) is 31.2 Å². The monoisotopic (exact) mass is 327 g/mol. The van der Waals surface area contributed by atoms with Crippen molar-refractivity contribution >= 4 is 22.6 Å². The van der Waals surface area contributed by atoms with Crippen LogP contribution in [0.4, 0.5) is 0 Å². The summed E-state index contributed by atoms with van der Waals surface area (Å²) in [7, 11) is 1.63. The van der Waals surface area contributed by atoms with Gasteiger partial charge in [0, 0.05) is 6.54 Å². The molecule has 0 saturated heterocycles. The first-order valence-corrected chi connectivity index (χ1v) is 8.04. The second kappa shape index (κ2) is 6.15. The van der Waals surface area contributed by atoms with Crippen LogP contribution in [0.15, 0.2) is 36.4 Å². The molecule has 24 heavy (non-hydrogen) atoms. The molecule has 1 unspecified atom stereocenters. The fourth-order valence-electron chi connectivity index (χ4n) is 2.82. The highest BCUT2D eigenvalue weighted by Crippen LogP contribution is 2.45. The van der Waals surface area contributed by atoms with Gasteiger partial charge in [0.25, 0.3) is 0 Å². The van der Waals surface area contributed by atoms with Crippen molar-refractivity contribution in [3.05, 3.63) is 42.0 Å². The standard InChI is InChI=1S/C19H21NO4/c1-12(17(21)20-11-19(7-8-19)18(22)23)13-3-4-15-10-16(24-2)6-5-14(15)9-13/h3-6,9-10,12H,7-8,11H2,1-2H3,(H,20,21)(H,22,23). The molecule has 0 spiro atoms. The van der Waals surface area contributed by atoms with Gasteiger partial charge in [0.05, 0.1) is 18.4 Å². The zero-order chi connectivity index (χ0) is 17.3. The quantitative estimate of drug-likeness (QED) is 0.855. The van der Waals surface area contributed by atoms with Crippen molar-refractivity contribution in [1.82, 2.24) is 5.32 Å². The Kier molecular flexibility index (Phi) is 4.18. The number of hydrogen-bond acceptors (Lipinski definition) is 3. The molecule has 0 radical (unpaired) electrons. The molecule has 1 atom stereocenters. The van der Waals surface area contributed by atoms with Crippen LogP contribution in [0, 0.1) is 5.41 Å². The van der Waals surface area contributed by atoms with Crippen molar-refractivity contribution in [3.8, 4) is 5.75 Å². The lowest BCUT2D eigenvalue weighted by Gasteiger charge is -2.16. The Morgan fingerprint density at radius 1 is 1.21 bits per heavy atom. The van der Waals surface area contributed by atoms with Crippen LogP contribution < -0.4 is 10.1 Å². The van der Waals surface area contributed by atoms with E-state index in [0.29, 0.717) is 12.8 Å². The van der Waals surface area contributed by atoms with Gasteiger partial charge in [-0.1, -0.05) is 24.3 Å². The Hall–Kier alpha value is -2.56. The number of amides is 1. The second-order valence-corrected chi connectivity index (χ2v) is 6.50. The molecular weight excluding hydrogens is 306 g/mol. The van der Waals surface area contributed by atoms with Crippen LogP contribution in [0.5, 0.6) is 5.75 Å². The number of aliphatic carboxylic acids is 1. The van der Waals surface area contributed by atoms with Gasteiger partial charge in [-0.2, -0.15) is 0 Å². The van der Waals surface area contributed by atoms with Crippen LogP contribution in [-0.4, -0.2) is 30.6 Å². The first kappa shape index (κ1) is 16.3. The van der Waals surface area contributed by atoms with Crippen LogP contribution in [0.2, 0.25) is 0 Å². The summed E-state index contributed by atoms with van der Waals surface area (Å²) in [5, 5.41) is 14.1. The third kappa shape index (κ3) is 3.07. The number of hydrogen-bond donors (Lipinski definition) is 2. The van der Waals surface area contributed by atoms with Gasteiger partial charge in [0.15, 0.2) is 0 Å². The van der Waals surface area contributed by atoms with E-state index in [1.54, 1.807) is 7.11 Å². The molecule has 1 saturated carbocycles. The van der Waals surface area contributed by atoms with Crippen LogP contribution >= 0.6 is 0 Å². The highest BCUT2D eigenvalue weighted by molar-refractivity contribution is 5.89. The molecule has 126 valence electrons. The van der Waals surface area contributed by atoms with Crippen LogP contribution in [0.25, 0.3) is 10.8 Å². The number of carbonyl (C=O) groups is 2. The largest absolute Gasteiger partial charge is 0.497 e. The molecule has 1 aliphatic rings. The van der Waals surface area contributed by atoms with Crippen LogP contribution in [0.3, 0.4) is 0 Å². The average Bonchev–Trinajstić information content (AvgIpc) is 3.39. The molecule has 0 bridgehead atoms. The number of carboxylic acids is 1. The van der Waals surface area contributed by atoms with Crippen molar-refractivity contribution in [2.24, 2.45) is 5.41 Å². The summed E-state index contributed by atoms with van der Waals surface area (Å²) in [5.74, 6) is -0.504. The highest BCUT2D eigenvalue weighted by Gasteiger charge is 2.50. The molecule has 0 heterocycles. The number of benzene rings is 2. The van der Waals surface area contributed by atoms with Gasteiger partial charge in [-0.15, -0.1) is 0 Å². The fourth-order valence-corrected chi connectivity index (χ4v) is 2.82. The minimum Gasteiger partial charge on any atom is -0.497 e. The molecule has 3 rings (SSSR count). The minimum atomic E-state index is -0.824. The molecule has 5 heteroatoms. The van der Waals surface area contributed by atoms with E-state index in [1.165, 1.54) is 0 Å². The molecule has 2 aromatic carbocycles. The number of methoxy groups -OCH3 is 1. The lowest BCUT2D eigenvalue weighted by molar-refractivity contribution is -0.143. The van der Waals surface area contributed by atoms with Crippen molar-refractivity contribution < 1.29 is 19.4 Å². The van der Waals surface area contributed by atoms with E-state index in [2.05, 4.69) is 5.32 Å². The maximum atomic E-state index is 12.4. The number of fused-ring (bicyclic) bond motifs is 1. The average molecular weight is 327 g/mol. The third-order valence-electron chi connectivity index (χ3n) is 4.87. The SMILES string of the molecule is COc1ccc2cc(C(C)C(=O)NCC3(C(=O)O)CC3)ccc2c1. The molecule has 5 nitrogen and oxygen atoms in total. The first-order valence-electron chi connectivity index (χ1n) is 8.04. The summed E-state index contributed by atoms with van der Waals surface area (Å²) in [6.07, 6.45) is 1.27. The van der Waals surface area contributed by atoms with Crippen molar-refractivity contribution in [2.75, 3.05) is 13.7 Å².